The number of ether oxygens (including phenoxy) is 1. The number of benzene rings is 1. The molecule has 18 heavy (non-hydrogen) atoms. The van der Waals surface area contributed by atoms with Gasteiger partial charge in [-0.2, -0.15) is 0 Å². The second-order valence-electron chi connectivity index (χ2n) is 3.90. The Kier molecular flexibility index (Phi) is 6.46. The number of rotatable bonds is 7. The van der Waals surface area contributed by atoms with Crippen molar-refractivity contribution in [2.45, 2.75) is 17.9 Å². The molecule has 1 aromatic carbocycles. The van der Waals surface area contributed by atoms with Gasteiger partial charge >= 0.3 is 0 Å². The molecule has 1 unspecified atom stereocenters. The van der Waals surface area contributed by atoms with Crippen molar-refractivity contribution in [2.24, 2.45) is 0 Å². The third-order valence-electron chi connectivity index (χ3n) is 2.19. The number of carbonyl (C=O) groups is 2. The summed E-state index contributed by atoms with van der Waals surface area (Å²) in [5.74, 6) is 0.289. The monoisotopic (exact) mass is 267 g/mol. The molecular formula is C13H17NO3S. The van der Waals surface area contributed by atoms with E-state index in [-0.39, 0.29) is 11.9 Å². The minimum atomic E-state index is -0.0407. The van der Waals surface area contributed by atoms with Crippen LogP contribution in [0.4, 0.5) is 0 Å². The Morgan fingerprint density at radius 2 is 2.33 bits per heavy atom. The Balaban J connectivity index is 2.39. The first-order valence-corrected chi connectivity index (χ1v) is 6.60. The van der Waals surface area contributed by atoms with Crippen LogP contribution in [0, 0.1) is 0 Å². The van der Waals surface area contributed by atoms with Crippen molar-refractivity contribution in [3.63, 3.8) is 0 Å². The molecule has 0 aliphatic heterocycles. The lowest BCUT2D eigenvalue weighted by molar-refractivity contribution is -0.119. The molecule has 0 aromatic heterocycles. The highest BCUT2D eigenvalue weighted by molar-refractivity contribution is 8.00. The summed E-state index contributed by atoms with van der Waals surface area (Å²) >= 11 is 1.41. The average Bonchev–Trinajstić information content (AvgIpc) is 2.37. The normalized spacial score (nSPS) is 11.9. The van der Waals surface area contributed by atoms with Gasteiger partial charge in [0.2, 0.25) is 5.91 Å². The van der Waals surface area contributed by atoms with Gasteiger partial charge in [-0.3, -0.25) is 9.59 Å². The zero-order valence-electron chi connectivity index (χ0n) is 10.5. The molecule has 0 fully saturated rings. The predicted molar refractivity (Wildman–Crippen MR) is 72.0 cm³/mol. The van der Waals surface area contributed by atoms with E-state index in [1.54, 1.807) is 25.3 Å². The summed E-state index contributed by atoms with van der Waals surface area (Å²) in [4.78, 5) is 23.1. The van der Waals surface area contributed by atoms with Crippen LogP contribution in [0.1, 0.15) is 17.3 Å². The largest absolute Gasteiger partial charge is 0.383 e. The van der Waals surface area contributed by atoms with Crippen molar-refractivity contribution >= 4 is 24.0 Å². The zero-order chi connectivity index (χ0) is 13.4. The fraction of sp³-hybridized carbons (Fsp3) is 0.385. The van der Waals surface area contributed by atoms with Crippen LogP contribution < -0.4 is 5.32 Å². The first-order valence-electron chi connectivity index (χ1n) is 5.62. The van der Waals surface area contributed by atoms with Crippen LogP contribution in [0.5, 0.6) is 0 Å². The second-order valence-corrected chi connectivity index (χ2v) is 4.95. The van der Waals surface area contributed by atoms with E-state index in [0.29, 0.717) is 17.9 Å². The summed E-state index contributed by atoms with van der Waals surface area (Å²) in [5, 5.41) is 2.83. The van der Waals surface area contributed by atoms with Gasteiger partial charge < -0.3 is 10.1 Å². The maximum atomic E-state index is 11.6. The van der Waals surface area contributed by atoms with Crippen LogP contribution in [0.25, 0.3) is 0 Å². The van der Waals surface area contributed by atoms with E-state index in [2.05, 4.69) is 5.32 Å². The molecule has 1 aromatic rings. The summed E-state index contributed by atoms with van der Waals surface area (Å²) in [6.07, 6.45) is 0.796. The molecule has 1 rings (SSSR count). The van der Waals surface area contributed by atoms with Crippen molar-refractivity contribution in [3.05, 3.63) is 29.8 Å². The molecule has 0 spiro atoms. The van der Waals surface area contributed by atoms with Gasteiger partial charge in [0.1, 0.15) is 6.29 Å². The lowest BCUT2D eigenvalue weighted by Crippen LogP contribution is -2.36. The van der Waals surface area contributed by atoms with Crippen LogP contribution >= 0.6 is 11.8 Å². The highest BCUT2D eigenvalue weighted by Gasteiger charge is 2.07. The predicted octanol–water partition coefficient (Wildman–Crippen LogP) is 1.74. The number of methoxy groups -OCH3 is 1. The van der Waals surface area contributed by atoms with Crippen molar-refractivity contribution < 1.29 is 14.3 Å². The smallest absolute Gasteiger partial charge is 0.230 e. The molecule has 1 N–H and O–H groups in total. The lowest BCUT2D eigenvalue weighted by Gasteiger charge is -2.12. The summed E-state index contributed by atoms with van der Waals surface area (Å²) in [6.45, 7) is 2.39. The Morgan fingerprint density at radius 1 is 1.56 bits per heavy atom. The van der Waals surface area contributed by atoms with E-state index >= 15 is 0 Å². The van der Waals surface area contributed by atoms with Gasteiger partial charge in [0.25, 0.3) is 0 Å². The van der Waals surface area contributed by atoms with Gasteiger partial charge in [-0.05, 0) is 19.1 Å². The fourth-order valence-corrected chi connectivity index (χ4v) is 2.21. The van der Waals surface area contributed by atoms with E-state index < -0.39 is 0 Å². The van der Waals surface area contributed by atoms with E-state index in [1.165, 1.54) is 11.8 Å². The van der Waals surface area contributed by atoms with Crippen molar-refractivity contribution in [2.75, 3.05) is 19.5 Å². The van der Waals surface area contributed by atoms with Gasteiger partial charge in [0.15, 0.2) is 0 Å². The highest BCUT2D eigenvalue weighted by Crippen LogP contribution is 2.18. The number of carbonyl (C=O) groups excluding carboxylic acids is 2. The number of hydrogen-bond donors (Lipinski definition) is 1. The van der Waals surface area contributed by atoms with Crippen molar-refractivity contribution in [1.82, 2.24) is 5.32 Å². The maximum absolute atomic E-state index is 11.6. The number of amides is 1. The number of nitrogens with one attached hydrogen (secondary N) is 1. The van der Waals surface area contributed by atoms with Crippen LogP contribution in [0.3, 0.4) is 0 Å². The van der Waals surface area contributed by atoms with Gasteiger partial charge in [-0.25, -0.2) is 0 Å². The van der Waals surface area contributed by atoms with E-state index in [9.17, 15) is 9.59 Å². The zero-order valence-corrected chi connectivity index (χ0v) is 11.3. The molecule has 98 valence electrons. The topological polar surface area (TPSA) is 55.4 Å². The van der Waals surface area contributed by atoms with Gasteiger partial charge in [0, 0.05) is 23.6 Å². The van der Waals surface area contributed by atoms with E-state index in [0.717, 1.165) is 11.2 Å². The molecule has 0 bridgehead atoms. The third-order valence-corrected chi connectivity index (χ3v) is 3.18. The molecule has 0 aliphatic carbocycles. The van der Waals surface area contributed by atoms with Crippen LogP contribution in [-0.2, 0) is 9.53 Å². The minimum Gasteiger partial charge on any atom is -0.383 e. The second kappa shape index (κ2) is 7.89. The van der Waals surface area contributed by atoms with Crippen LogP contribution in [0.15, 0.2) is 29.2 Å². The van der Waals surface area contributed by atoms with Gasteiger partial charge in [0.05, 0.1) is 12.4 Å². The summed E-state index contributed by atoms with van der Waals surface area (Å²) in [6, 6.07) is 7.19. The lowest BCUT2D eigenvalue weighted by atomic mass is 10.2. The number of aldehydes is 1. The molecule has 0 saturated heterocycles. The Labute approximate surface area is 111 Å². The molecule has 4 nitrogen and oxygen atoms in total. The molecule has 5 heteroatoms. The quantitative estimate of drug-likeness (QED) is 0.604. The molecule has 0 aliphatic rings. The average molecular weight is 267 g/mol. The maximum Gasteiger partial charge on any atom is 0.230 e. The van der Waals surface area contributed by atoms with Crippen molar-refractivity contribution in [3.8, 4) is 0 Å². The molecule has 1 amide bonds. The highest BCUT2D eigenvalue weighted by atomic mass is 32.2. The first-order chi connectivity index (χ1) is 8.65. The van der Waals surface area contributed by atoms with Crippen LogP contribution in [0.2, 0.25) is 0 Å². The summed E-state index contributed by atoms with van der Waals surface area (Å²) in [7, 11) is 1.60. The fourth-order valence-electron chi connectivity index (χ4n) is 1.43. The Bertz CT molecular complexity index is 409. The van der Waals surface area contributed by atoms with Crippen molar-refractivity contribution in [1.29, 1.82) is 0 Å². The molecule has 1 atom stereocenters. The van der Waals surface area contributed by atoms with Gasteiger partial charge in [-0.1, -0.05) is 12.1 Å². The Hall–Kier alpha value is -1.33. The third kappa shape index (κ3) is 5.33. The standard InChI is InChI=1S/C13H17NO3S/c1-10(8-17-2)14-13(16)9-18-12-5-3-4-11(6-12)7-15/h3-7,10H,8-9H2,1-2H3,(H,14,16). The number of thioether (sulfide) groups is 1. The molecule has 0 heterocycles. The summed E-state index contributed by atoms with van der Waals surface area (Å²) in [5.41, 5.74) is 0.619. The van der Waals surface area contributed by atoms with Gasteiger partial charge in [-0.15, -0.1) is 11.8 Å². The molecular weight excluding hydrogens is 250 g/mol. The SMILES string of the molecule is COCC(C)NC(=O)CSc1cccc(C=O)c1. The Morgan fingerprint density at radius 3 is 3.00 bits per heavy atom. The van der Waals surface area contributed by atoms with E-state index in [4.69, 9.17) is 4.74 Å². The van der Waals surface area contributed by atoms with Crippen LogP contribution in [-0.4, -0.2) is 37.7 Å². The first kappa shape index (κ1) is 14.7. The molecule has 0 saturated carbocycles. The minimum absolute atomic E-state index is 0.00408. The molecule has 0 radical (unpaired) electrons. The van der Waals surface area contributed by atoms with E-state index in [1.807, 2.05) is 13.0 Å². The summed E-state index contributed by atoms with van der Waals surface area (Å²) < 4.78 is 4.94. The number of hydrogen-bond acceptors (Lipinski definition) is 4.